The second-order valence-corrected chi connectivity index (χ2v) is 6.28. The fraction of sp³-hybridized carbons (Fsp3) is 0.190. The molecule has 1 heterocycles. The predicted molar refractivity (Wildman–Crippen MR) is 109 cm³/mol. The highest BCUT2D eigenvalue weighted by Gasteiger charge is 2.06. The molecule has 3 aromatic rings. The molecule has 0 spiro atoms. The van der Waals surface area contributed by atoms with Crippen LogP contribution >= 0.6 is 0 Å². The zero-order chi connectivity index (χ0) is 19.9. The maximum absolute atomic E-state index is 11.5. The van der Waals surface area contributed by atoms with E-state index in [-0.39, 0.29) is 12.1 Å². The van der Waals surface area contributed by atoms with E-state index in [1.165, 1.54) is 7.11 Å². The summed E-state index contributed by atoms with van der Waals surface area (Å²) in [6.45, 7) is 3.98. The number of hydrogen-bond acceptors (Lipinski definition) is 7. The average molecular weight is 378 g/mol. The molecule has 0 amide bonds. The standard InChI is InChI=1S/C21H22N4O3/c1-14(2)28-18-10-8-16(9-11-18)23-19-12-13-22-21(25-19)24-17-6-4-15(5-7-17)20(26)27-3/h4-14H,1-3H3,(H2,22,23,24,25). The minimum atomic E-state index is -0.376. The largest absolute Gasteiger partial charge is 0.491 e. The number of esters is 1. The normalized spacial score (nSPS) is 10.4. The van der Waals surface area contributed by atoms with E-state index in [1.54, 1.807) is 36.5 Å². The van der Waals surface area contributed by atoms with Gasteiger partial charge in [-0.1, -0.05) is 0 Å². The lowest BCUT2D eigenvalue weighted by Gasteiger charge is -2.11. The van der Waals surface area contributed by atoms with E-state index in [1.807, 2.05) is 38.1 Å². The second-order valence-electron chi connectivity index (χ2n) is 6.28. The molecule has 7 nitrogen and oxygen atoms in total. The van der Waals surface area contributed by atoms with Crippen LogP contribution in [0.4, 0.5) is 23.1 Å². The molecule has 0 saturated carbocycles. The van der Waals surface area contributed by atoms with E-state index in [2.05, 4.69) is 20.6 Å². The molecule has 0 saturated heterocycles. The first-order valence-electron chi connectivity index (χ1n) is 8.85. The molecule has 0 radical (unpaired) electrons. The molecule has 0 aliphatic rings. The fourth-order valence-electron chi connectivity index (χ4n) is 2.46. The number of carbonyl (C=O) groups is 1. The Morgan fingerprint density at radius 2 is 1.57 bits per heavy atom. The Kier molecular flexibility index (Phi) is 6.06. The van der Waals surface area contributed by atoms with Gasteiger partial charge in [0, 0.05) is 17.6 Å². The molecule has 0 aliphatic carbocycles. The van der Waals surface area contributed by atoms with E-state index in [0.29, 0.717) is 17.3 Å². The van der Waals surface area contributed by atoms with Gasteiger partial charge in [0.2, 0.25) is 5.95 Å². The molecule has 28 heavy (non-hydrogen) atoms. The highest BCUT2D eigenvalue weighted by atomic mass is 16.5. The number of aromatic nitrogens is 2. The van der Waals surface area contributed by atoms with Crippen molar-refractivity contribution < 1.29 is 14.3 Å². The first kappa shape index (κ1) is 19.2. The van der Waals surface area contributed by atoms with E-state index in [0.717, 1.165) is 17.1 Å². The molecular weight excluding hydrogens is 356 g/mol. The monoisotopic (exact) mass is 378 g/mol. The number of methoxy groups -OCH3 is 1. The van der Waals surface area contributed by atoms with Gasteiger partial charge in [-0.2, -0.15) is 4.98 Å². The Hall–Kier alpha value is -3.61. The number of anilines is 4. The Morgan fingerprint density at radius 3 is 2.21 bits per heavy atom. The van der Waals surface area contributed by atoms with Gasteiger partial charge < -0.3 is 20.1 Å². The number of ether oxygens (including phenoxy) is 2. The van der Waals surface area contributed by atoms with E-state index in [9.17, 15) is 4.79 Å². The molecule has 0 bridgehead atoms. The smallest absolute Gasteiger partial charge is 0.337 e. The topological polar surface area (TPSA) is 85.4 Å². The Labute approximate surface area is 163 Å². The minimum absolute atomic E-state index is 0.135. The minimum Gasteiger partial charge on any atom is -0.491 e. The van der Waals surface area contributed by atoms with Crippen molar-refractivity contribution >= 4 is 29.1 Å². The van der Waals surface area contributed by atoms with Crippen LogP contribution in [0.3, 0.4) is 0 Å². The molecule has 0 aliphatic heterocycles. The molecule has 7 heteroatoms. The zero-order valence-corrected chi connectivity index (χ0v) is 16.0. The maximum Gasteiger partial charge on any atom is 0.337 e. The summed E-state index contributed by atoms with van der Waals surface area (Å²) >= 11 is 0. The van der Waals surface area contributed by atoms with E-state index >= 15 is 0 Å². The van der Waals surface area contributed by atoms with Crippen molar-refractivity contribution in [3.8, 4) is 5.75 Å². The van der Waals surface area contributed by atoms with Gasteiger partial charge in [0.25, 0.3) is 0 Å². The van der Waals surface area contributed by atoms with Gasteiger partial charge in [-0.15, -0.1) is 0 Å². The van der Waals surface area contributed by atoms with Crippen LogP contribution in [0.15, 0.2) is 60.8 Å². The molecule has 2 aromatic carbocycles. The molecule has 1 aromatic heterocycles. The summed E-state index contributed by atoms with van der Waals surface area (Å²) in [7, 11) is 1.35. The van der Waals surface area contributed by atoms with Crippen molar-refractivity contribution in [1.82, 2.24) is 9.97 Å². The maximum atomic E-state index is 11.5. The summed E-state index contributed by atoms with van der Waals surface area (Å²) in [4.78, 5) is 20.2. The van der Waals surface area contributed by atoms with Crippen molar-refractivity contribution in [3.63, 3.8) is 0 Å². The van der Waals surface area contributed by atoms with E-state index in [4.69, 9.17) is 9.47 Å². The first-order chi connectivity index (χ1) is 13.5. The third-order valence-electron chi connectivity index (χ3n) is 3.72. The summed E-state index contributed by atoms with van der Waals surface area (Å²) in [5.74, 6) is 1.54. The van der Waals surface area contributed by atoms with Crippen LogP contribution in [0.5, 0.6) is 5.75 Å². The van der Waals surface area contributed by atoms with Gasteiger partial charge in [-0.3, -0.25) is 0 Å². The quantitative estimate of drug-likeness (QED) is 0.584. The number of benzene rings is 2. The van der Waals surface area contributed by atoms with Crippen LogP contribution in [0.25, 0.3) is 0 Å². The Bertz CT molecular complexity index is 925. The first-order valence-corrected chi connectivity index (χ1v) is 8.85. The van der Waals surface area contributed by atoms with Gasteiger partial charge in [0.05, 0.1) is 18.8 Å². The van der Waals surface area contributed by atoms with Gasteiger partial charge in [-0.05, 0) is 68.4 Å². The molecule has 0 fully saturated rings. The summed E-state index contributed by atoms with van der Waals surface area (Å²) in [6, 6.07) is 16.3. The number of nitrogens with zero attached hydrogens (tertiary/aromatic N) is 2. The highest BCUT2D eigenvalue weighted by Crippen LogP contribution is 2.21. The van der Waals surface area contributed by atoms with E-state index < -0.39 is 0 Å². The lowest BCUT2D eigenvalue weighted by Crippen LogP contribution is -2.05. The van der Waals surface area contributed by atoms with Crippen LogP contribution in [0.2, 0.25) is 0 Å². The van der Waals surface area contributed by atoms with Crippen LogP contribution in [-0.2, 0) is 4.74 Å². The van der Waals surface area contributed by atoms with Crippen LogP contribution < -0.4 is 15.4 Å². The third-order valence-corrected chi connectivity index (χ3v) is 3.72. The summed E-state index contributed by atoms with van der Waals surface area (Å²) in [5.41, 5.74) is 2.14. The number of nitrogens with one attached hydrogen (secondary N) is 2. The molecule has 144 valence electrons. The summed E-state index contributed by atoms with van der Waals surface area (Å²) < 4.78 is 10.3. The molecule has 2 N–H and O–H groups in total. The van der Waals surface area contributed by atoms with Crippen LogP contribution in [-0.4, -0.2) is 29.2 Å². The van der Waals surface area contributed by atoms with Crippen molar-refractivity contribution in [2.45, 2.75) is 20.0 Å². The van der Waals surface area contributed by atoms with Crippen LogP contribution in [0.1, 0.15) is 24.2 Å². The van der Waals surface area contributed by atoms with Crippen molar-refractivity contribution in [3.05, 3.63) is 66.4 Å². The lowest BCUT2D eigenvalue weighted by molar-refractivity contribution is 0.0601. The number of carbonyl (C=O) groups excluding carboxylic acids is 1. The number of hydrogen-bond donors (Lipinski definition) is 2. The Balaban J connectivity index is 1.66. The molecule has 3 rings (SSSR count). The van der Waals surface area contributed by atoms with Gasteiger partial charge in [-0.25, -0.2) is 9.78 Å². The lowest BCUT2D eigenvalue weighted by atomic mass is 10.2. The number of rotatable bonds is 7. The van der Waals surface area contributed by atoms with Crippen molar-refractivity contribution in [2.75, 3.05) is 17.7 Å². The highest BCUT2D eigenvalue weighted by molar-refractivity contribution is 5.89. The molecule has 0 unspecified atom stereocenters. The van der Waals surface area contributed by atoms with Gasteiger partial charge in [0.15, 0.2) is 0 Å². The van der Waals surface area contributed by atoms with Crippen LogP contribution in [0, 0.1) is 0 Å². The zero-order valence-electron chi connectivity index (χ0n) is 16.0. The average Bonchev–Trinajstić information content (AvgIpc) is 2.69. The van der Waals surface area contributed by atoms with Crippen molar-refractivity contribution in [2.24, 2.45) is 0 Å². The van der Waals surface area contributed by atoms with Crippen molar-refractivity contribution in [1.29, 1.82) is 0 Å². The SMILES string of the molecule is COC(=O)c1ccc(Nc2nccc(Nc3ccc(OC(C)C)cc3)n2)cc1. The van der Waals surface area contributed by atoms with Gasteiger partial charge >= 0.3 is 5.97 Å². The Morgan fingerprint density at radius 1 is 0.929 bits per heavy atom. The predicted octanol–water partition coefficient (Wildman–Crippen LogP) is 4.54. The van der Waals surface area contributed by atoms with Gasteiger partial charge in [0.1, 0.15) is 11.6 Å². The second kappa shape index (κ2) is 8.85. The summed E-state index contributed by atoms with van der Waals surface area (Å²) in [6.07, 6.45) is 1.80. The summed E-state index contributed by atoms with van der Waals surface area (Å²) in [5, 5.41) is 6.35. The molecular formula is C21H22N4O3. The fourth-order valence-corrected chi connectivity index (χ4v) is 2.46. The third kappa shape index (κ3) is 5.20. The molecule has 0 atom stereocenters.